The highest BCUT2D eigenvalue weighted by molar-refractivity contribution is 7.48. The van der Waals surface area contributed by atoms with Crippen LogP contribution in [-0.2, 0) is 18.1 Å². The second-order valence-electron chi connectivity index (χ2n) is 6.26. The van der Waals surface area contributed by atoms with Crippen LogP contribution in [0.5, 0.6) is 0 Å². The first-order valence-corrected chi connectivity index (χ1v) is 9.34. The summed E-state index contributed by atoms with van der Waals surface area (Å²) in [6.07, 6.45) is -34.8. The highest BCUT2D eigenvalue weighted by Crippen LogP contribution is 2.54. The predicted octanol–water partition coefficient (Wildman–Crippen LogP) is 6.75. The summed E-state index contributed by atoms with van der Waals surface area (Å²) in [7, 11) is -6.83. The zero-order valence-corrected chi connectivity index (χ0v) is 16.6. The van der Waals surface area contributed by atoms with E-state index in [1.165, 1.54) is 0 Å². The van der Waals surface area contributed by atoms with Crippen LogP contribution in [-0.4, -0.2) is 74.6 Å². The zero-order valence-electron chi connectivity index (χ0n) is 15.7. The maximum Gasteiger partial charge on any atom is 0.475 e. The Labute approximate surface area is 181 Å². The molecule has 0 saturated carbocycles. The number of phosphoric ester groups is 1. The van der Waals surface area contributed by atoms with Crippen LogP contribution in [0.3, 0.4) is 0 Å². The molecule has 0 bridgehead atoms. The molecule has 0 aromatic rings. The molecule has 0 aliphatic carbocycles. The van der Waals surface area contributed by atoms with Gasteiger partial charge in [-0.1, -0.05) is 0 Å². The third-order valence-electron chi connectivity index (χ3n) is 3.22. The van der Waals surface area contributed by atoms with Gasteiger partial charge in [-0.2, -0.15) is 39.5 Å². The van der Waals surface area contributed by atoms with Gasteiger partial charge < -0.3 is 0 Å². The van der Waals surface area contributed by atoms with Gasteiger partial charge in [0.25, 0.3) is 18.5 Å². The van der Waals surface area contributed by atoms with Crippen molar-refractivity contribution in [3.63, 3.8) is 0 Å². The fourth-order valence-electron chi connectivity index (χ4n) is 1.54. The molecule has 0 radical (unpaired) electrons. The molecule has 0 saturated heterocycles. The largest absolute Gasteiger partial charge is 0.475 e. The summed E-state index contributed by atoms with van der Waals surface area (Å²) in [6, 6.07) is 0. The topological polar surface area (TPSA) is 44.8 Å². The van der Waals surface area contributed by atoms with Crippen LogP contribution in [0.15, 0.2) is 0 Å². The molecule has 212 valence electrons. The van der Waals surface area contributed by atoms with Crippen molar-refractivity contribution in [2.45, 2.75) is 54.8 Å². The lowest BCUT2D eigenvalue weighted by atomic mass is 10.2. The average molecular weight is 590 g/mol. The van der Waals surface area contributed by atoms with Crippen molar-refractivity contribution in [1.82, 2.24) is 0 Å². The van der Waals surface area contributed by atoms with E-state index in [2.05, 4.69) is 13.6 Å². The first-order chi connectivity index (χ1) is 15.1. The van der Waals surface area contributed by atoms with Crippen LogP contribution in [0.25, 0.3) is 0 Å². The smallest absolute Gasteiger partial charge is 0.280 e. The van der Waals surface area contributed by atoms with E-state index >= 15 is 0 Å². The minimum Gasteiger partial charge on any atom is -0.280 e. The Morgan fingerprint density at radius 1 is 0.457 bits per heavy atom. The van der Waals surface area contributed by atoms with E-state index in [1.54, 1.807) is 0 Å². The third-order valence-corrected chi connectivity index (χ3v) is 4.56. The molecule has 0 N–H and O–H groups in total. The molecule has 0 rings (SSSR count). The molecule has 35 heavy (non-hydrogen) atoms. The molecule has 0 aromatic carbocycles. The van der Waals surface area contributed by atoms with E-state index in [1.807, 2.05) is 0 Å². The van der Waals surface area contributed by atoms with Gasteiger partial charge in [-0.05, 0) is 0 Å². The fourth-order valence-corrected chi connectivity index (χ4v) is 2.76. The van der Waals surface area contributed by atoms with Gasteiger partial charge in [0.1, 0.15) is 19.8 Å². The van der Waals surface area contributed by atoms with E-state index in [0.717, 1.165) is 0 Å². The first kappa shape index (κ1) is 33.8. The number of halogens is 18. The zero-order chi connectivity index (χ0) is 28.5. The summed E-state index contributed by atoms with van der Waals surface area (Å²) < 4.78 is 247. The maximum absolute atomic E-state index is 13.2. The third kappa shape index (κ3) is 10.0. The number of hydrogen-bond acceptors (Lipinski definition) is 4. The Morgan fingerprint density at radius 2 is 0.629 bits per heavy atom. The van der Waals surface area contributed by atoms with Crippen LogP contribution in [0.2, 0.25) is 0 Å². The quantitative estimate of drug-likeness (QED) is 0.187. The van der Waals surface area contributed by atoms with E-state index in [0.29, 0.717) is 0 Å². The lowest BCUT2D eigenvalue weighted by Gasteiger charge is -2.28. The van der Waals surface area contributed by atoms with Crippen molar-refractivity contribution in [3.8, 4) is 0 Å². The lowest BCUT2D eigenvalue weighted by Crippen LogP contribution is -2.46. The Morgan fingerprint density at radius 3 is 0.771 bits per heavy atom. The van der Waals surface area contributed by atoms with Gasteiger partial charge in [0, 0.05) is 0 Å². The van der Waals surface area contributed by atoms with Crippen LogP contribution in [0.1, 0.15) is 0 Å². The predicted molar refractivity (Wildman–Crippen MR) is 73.2 cm³/mol. The molecule has 0 spiro atoms. The Bertz CT molecular complexity index is 635. The van der Waals surface area contributed by atoms with Gasteiger partial charge in [-0.25, -0.2) is 44.1 Å². The molecule has 0 heterocycles. The standard InChI is InChI=1S/C12H9F18O4P/c13-4(10(22,23)24)7(16,17)1-32-35(31,33-2-8(18,19)5(14)11(25,26)27)34-3-9(20,21)6(15)12(28,29)30/h4-6H,1-3H2/t4-,5-,6-/m1/s1. The van der Waals surface area contributed by atoms with Crippen LogP contribution in [0.4, 0.5) is 79.0 Å². The summed E-state index contributed by atoms with van der Waals surface area (Å²) in [5.74, 6) is -17.6. The van der Waals surface area contributed by atoms with Crippen LogP contribution < -0.4 is 0 Å². The summed E-state index contributed by atoms with van der Waals surface area (Å²) >= 11 is 0. The number of alkyl halides is 18. The molecule has 3 atom stereocenters. The molecule has 0 fully saturated rings. The maximum atomic E-state index is 13.2. The average Bonchev–Trinajstić information content (AvgIpc) is 2.66. The number of hydrogen-bond donors (Lipinski definition) is 0. The highest BCUT2D eigenvalue weighted by atomic mass is 31.2. The highest BCUT2D eigenvalue weighted by Gasteiger charge is 2.61. The normalized spacial score (nSPS) is 17.9. The van der Waals surface area contributed by atoms with Gasteiger partial charge in [-0.3, -0.25) is 13.6 Å². The van der Waals surface area contributed by atoms with Crippen molar-refractivity contribution in [3.05, 3.63) is 0 Å². The minimum absolute atomic E-state index is 3.18. The fraction of sp³-hybridized carbons (Fsp3) is 1.00. The van der Waals surface area contributed by atoms with Crippen molar-refractivity contribution in [2.75, 3.05) is 19.8 Å². The lowest BCUT2D eigenvalue weighted by molar-refractivity contribution is -0.256. The molecular weight excluding hydrogens is 581 g/mol. The van der Waals surface area contributed by atoms with Crippen molar-refractivity contribution < 1.29 is 97.2 Å². The first-order valence-electron chi connectivity index (χ1n) is 7.88. The van der Waals surface area contributed by atoms with Gasteiger partial charge >= 0.3 is 44.1 Å². The molecule has 0 unspecified atom stereocenters. The second kappa shape index (κ2) is 10.7. The van der Waals surface area contributed by atoms with Gasteiger partial charge in [0.2, 0.25) is 0 Å². The van der Waals surface area contributed by atoms with E-state index < -0.39 is 82.5 Å². The summed E-state index contributed by atoms with van der Waals surface area (Å²) in [4.78, 5) is 0. The molecule has 23 heteroatoms. The molecule has 0 aromatic heterocycles. The monoisotopic (exact) mass is 590 g/mol. The SMILES string of the molecule is O=P(OCC(F)(F)[C@@H](F)C(F)(F)F)(OCC(F)(F)[C@@H](F)C(F)(F)F)OCC(F)(F)[C@@H](F)C(F)(F)F. The van der Waals surface area contributed by atoms with Crippen molar-refractivity contribution in [1.29, 1.82) is 0 Å². The van der Waals surface area contributed by atoms with Crippen LogP contribution in [0, 0.1) is 0 Å². The minimum atomic E-state index is -6.83. The Hall–Kier alpha value is -1.15. The Balaban J connectivity index is 5.86. The molecular formula is C12H9F18O4P. The van der Waals surface area contributed by atoms with E-state index in [-0.39, 0.29) is 0 Å². The molecule has 0 amide bonds. The van der Waals surface area contributed by atoms with Crippen LogP contribution >= 0.6 is 7.82 Å². The molecule has 0 aliphatic heterocycles. The number of phosphoric acid groups is 1. The van der Waals surface area contributed by atoms with E-state index in [9.17, 15) is 83.6 Å². The van der Waals surface area contributed by atoms with Gasteiger partial charge in [0.05, 0.1) is 0 Å². The molecule has 0 aliphatic rings. The van der Waals surface area contributed by atoms with Gasteiger partial charge in [0.15, 0.2) is 0 Å². The number of rotatable bonds is 12. The van der Waals surface area contributed by atoms with Crippen molar-refractivity contribution >= 4 is 7.82 Å². The summed E-state index contributed by atoms with van der Waals surface area (Å²) in [6.45, 7) is -9.71. The summed E-state index contributed by atoms with van der Waals surface area (Å²) in [5, 5.41) is 0. The van der Waals surface area contributed by atoms with Gasteiger partial charge in [-0.15, -0.1) is 0 Å². The van der Waals surface area contributed by atoms with E-state index in [4.69, 9.17) is 0 Å². The Kier molecular flexibility index (Phi) is 10.3. The van der Waals surface area contributed by atoms with Crippen molar-refractivity contribution in [2.24, 2.45) is 0 Å². The summed E-state index contributed by atoms with van der Waals surface area (Å²) in [5.41, 5.74) is 0. The molecule has 4 nitrogen and oxygen atoms in total. The second-order valence-corrected chi connectivity index (χ2v) is 7.93.